The van der Waals surface area contributed by atoms with Gasteiger partial charge < -0.3 is 5.11 Å². The van der Waals surface area contributed by atoms with Gasteiger partial charge in [-0.15, -0.1) is 0 Å². The summed E-state index contributed by atoms with van der Waals surface area (Å²) in [5.41, 5.74) is 0. The number of carboxylic acids is 1. The molecule has 0 aromatic heterocycles. The average molecular weight is 328 g/mol. The lowest BCUT2D eigenvalue weighted by molar-refractivity contribution is -0.137. The van der Waals surface area contributed by atoms with Gasteiger partial charge in [-0.05, 0) is 51.9 Å². The van der Waals surface area contributed by atoms with Crippen molar-refractivity contribution in [1.29, 1.82) is 0 Å². The Bertz CT molecular complexity index is 462. The fraction of sp³-hybridized carbons (Fsp3) is 0.409. The van der Waals surface area contributed by atoms with Crippen LogP contribution in [-0.4, -0.2) is 11.1 Å². The van der Waals surface area contributed by atoms with Crippen molar-refractivity contribution >= 4 is 5.97 Å². The van der Waals surface area contributed by atoms with Gasteiger partial charge in [0.1, 0.15) is 0 Å². The van der Waals surface area contributed by atoms with E-state index in [0.717, 1.165) is 44.9 Å². The highest BCUT2D eigenvalue weighted by Gasteiger charge is 1.92. The van der Waals surface area contributed by atoms with Gasteiger partial charge in [0.15, 0.2) is 0 Å². The fourth-order valence-electron chi connectivity index (χ4n) is 1.88. The van der Waals surface area contributed by atoms with E-state index in [9.17, 15) is 4.79 Å². The van der Waals surface area contributed by atoms with Crippen LogP contribution in [-0.2, 0) is 4.79 Å². The molecule has 0 aromatic rings. The molecular weight excluding hydrogens is 296 g/mol. The van der Waals surface area contributed by atoms with Gasteiger partial charge in [-0.3, -0.25) is 4.79 Å². The van der Waals surface area contributed by atoms with Gasteiger partial charge in [-0.25, -0.2) is 0 Å². The second kappa shape index (κ2) is 19.0. The standard InChI is InChI=1S/C22H32O2/c1-2-3-4-5-6-7-8-9-10-11-12-13-14-15-16-17-18-19-20-21-22(23)24/h2-3,5-6,8-9,11-12,14-15,17-18H,4,7,10,13,16,19-21H2,1H3,(H,23,24)/b3-2-,6-5-,9-8-,12-11-,15-14-,18-17-. The second-order valence-corrected chi connectivity index (χ2v) is 5.39. The van der Waals surface area contributed by atoms with E-state index in [-0.39, 0.29) is 6.42 Å². The topological polar surface area (TPSA) is 37.3 Å². The highest BCUT2D eigenvalue weighted by Crippen LogP contribution is 1.99. The first-order valence-electron chi connectivity index (χ1n) is 8.85. The van der Waals surface area contributed by atoms with Gasteiger partial charge in [0.2, 0.25) is 0 Å². The summed E-state index contributed by atoms with van der Waals surface area (Å²) in [5.74, 6) is -0.717. The van der Waals surface area contributed by atoms with Crippen LogP contribution < -0.4 is 0 Å². The first-order chi connectivity index (χ1) is 11.8. The predicted molar refractivity (Wildman–Crippen MR) is 105 cm³/mol. The minimum absolute atomic E-state index is 0.256. The van der Waals surface area contributed by atoms with E-state index in [1.807, 2.05) is 6.92 Å². The third kappa shape index (κ3) is 19.9. The number of hydrogen-bond donors (Lipinski definition) is 1. The van der Waals surface area contributed by atoms with Crippen LogP contribution in [0.25, 0.3) is 0 Å². The molecule has 0 saturated heterocycles. The molecule has 2 nitrogen and oxygen atoms in total. The number of carbonyl (C=O) groups is 1. The molecule has 132 valence electrons. The van der Waals surface area contributed by atoms with Crippen LogP contribution in [0.1, 0.15) is 58.3 Å². The van der Waals surface area contributed by atoms with Crippen molar-refractivity contribution in [3.05, 3.63) is 72.9 Å². The van der Waals surface area contributed by atoms with Crippen LogP contribution in [0.4, 0.5) is 0 Å². The molecule has 0 fully saturated rings. The Morgan fingerprint density at radius 3 is 1.42 bits per heavy atom. The molecule has 1 N–H and O–H groups in total. The zero-order valence-corrected chi connectivity index (χ0v) is 14.9. The molecule has 0 amide bonds. The average Bonchev–Trinajstić information content (AvgIpc) is 2.56. The van der Waals surface area contributed by atoms with E-state index in [1.54, 1.807) is 0 Å². The van der Waals surface area contributed by atoms with E-state index in [2.05, 4.69) is 72.9 Å². The van der Waals surface area contributed by atoms with Crippen LogP contribution in [0.2, 0.25) is 0 Å². The van der Waals surface area contributed by atoms with E-state index >= 15 is 0 Å². The molecule has 0 aliphatic rings. The summed E-state index contributed by atoms with van der Waals surface area (Å²) in [6, 6.07) is 0. The van der Waals surface area contributed by atoms with Crippen LogP contribution in [0.5, 0.6) is 0 Å². The lowest BCUT2D eigenvalue weighted by Crippen LogP contribution is -1.92. The number of carboxylic acid groups (broad SMARTS) is 1. The number of unbranched alkanes of at least 4 members (excludes halogenated alkanes) is 1. The highest BCUT2D eigenvalue weighted by atomic mass is 16.4. The van der Waals surface area contributed by atoms with Gasteiger partial charge in [-0.1, -0.05) is 72.9 Å². The minimum Gasteiger partial charge on any atom is -0.481 e. The van der Waals surface area contributed by atoms with Crippen molar-refractivity contribution in [2.24, 2.45) is 0 Å². The first kappa shape index (κ1) is 21.9. The van der Waals surface area contributed by atoms with Crippen molar-refractivity contribution < 1.29 is 9.90 Å². The molecule has 24 heavy (non-hydrogen) atoms. The zero-order valence-electron chi connectivity index (χ0n) is 14.9. The quantitative estimate of drug-likeness (QED) is 0.290. The molecule has 0 aliphatic heterocycles. The number of hydrogen-bond acceptors (Lipinski definition) is 1. The van der Waals surface area contributed by atoms with E-state index in [0.29, 0.717) is 0 Å². The lowest BCUT2D eigenvalue weighted by atomic mass is 10.2. The number of allylic oxidation sites excluding steroid dienone is 12. The van der Waals surface area contributed by atoms with E-state index in [4.69, 9.17) is 5.11 Å². The summed E-state index contributed by atoms with van der Waals surface area (Å²) in [5, 5.41) is 8.51. The summed E-state index contributed by atoms with van der Waals surface area (Å²) in [6.07, 6.45) is 32.5. The zero-order chi connectivity index (χ0) is 17.7. The molecule has 0 atom stereocenters. The summed E-state index contributed by atoms with van der Waals surface area (Å²) in [6.45, 7) is 2.04. The molecule has 0 aliphatic carbocycles. The van der Waals surface area contributed by atoms with Gasteiger partial charge in [0.25, 0.3) is 0 Å². The van der Waals surface area contributed by atoms with Crippen molar-refractivity contribution in [2.45, 2.75) is 58.3 Å². The van der Waals surface area contributed by atoms with Crippen molar-refractivity contribution in [2.75, 3.05) is 0 Å². The Balaban J connectivity index is 3.49. The predicted octanol–water partition coefficient (Wildman–Crippen LogP) is 6.55. The van der Waals surface area contributed by atoms with Crippen LogP contribution in [0.3, 0.4) is 0 Å². The highest BCUT2D eigenvalue weighted by molar-refractivity contribution is 5.66. The maximum atomic E-state index is 10.3. The van der Waals surface area contributed by atoms with Gasteiger partial charge in [-0.2, -0.15) is 0 Å². The minimum atomic E-state index is -0.717. The van der Waals surface area contributed by atoms with E-state index in [1.165, 1.54) is 0 Å². The van der Waals surface area contributed by atoms with Crippen LogP contribution in [0.15, 0.2) is 72.9 Å². The van der Waals surface area contributed by atoms with Crippen molar-refractivity contribution in [1.82, 2.24) is 0 Å². The number of rotatable bonds is 14. The fourth-order valence-corrected chi connectivity index (χ4v) is 1.88. The summed E-state index contributed by atoms with van der Waals surface area (Å²) < 4.78 is 0. The summed E-state index contributed by atoms with van der Waals surface area (Å²) >= 11 is 0. The van der Waals surface area contributed by atoms with Crippen molar-refractivity contribution in [3.8, 4) is 0 Å². The molecular formula is C22H32O2. The first-order valence-corrected chi connectivity index (χ1v) is 8.85. The number of aliphatic carboxylic acids is 1. The Kier molecular flexibility index (Phi) is 17.3. The van der Waals surface area contributed by atoms with Crippen molar-refractivity contribution in [3.63, 3.8) is 0 Å². The maximum Gasteiger partial charge on any atom is 0.303 e. The van der Waals surface area contributed by atoms with Gasteiger partial charge in [0.05, 0.1) is 0 Å². The molecule has 0 radical (unpaired) electrons. The second-order valence-electron chi connectivity index (χ2n) is 5.39. The Labute approximate surface area is 147 Å². The molecule has 0 saturated carbocycles. The molecule has 0 bridgehead atoms. The van der Waals surface area contributed by atoms with Crippen LogP contribution >= 0.6 is 0 Å². The lowest BCUT2D eigenvalue weighted by Gasteiger charge is -1.89. The molecule has 0 rings (SSSR count). The molecule has 0 unspecified atom stereocenters. The SMILES string of the molecule is C/C=C\C/C=C\C/C=C\C/C=C\C/C=C\C/C=C\CCCC(=O)O. The normalized spacial score (nSPS) is 13.0. The Hall–Kier alpha value is -2.09. The third-order valence-electron chi connectivity index (χ3n) is 3.19. The molecule has 0 aromatic carbocycles. The van der Waals surface area contributed by atoms with Gasteiger partial charge in [0, 0.05) is 6.42 Å². The van der Waals surface area contributed by atoms with Gasteiger partial charge >= 0.3 is 5.97 Å². The molecule has 2 heteroatoms. The monoisotopic (exact) mass is 328 g/mol. The largest absolute Gasteiger partial charge is 0.481 e. The third-order valence-corrected chi connectivity index (χ3v) is 3.19. The van der Waals surface area contributed by atoms with E-state index < -0.39 is 5.97 Å². The Morgan fingerprint density at radius 1 is 0.667 bits per heavy atom. The molecule has 0 spiro atoms. The Morgan fingerprint density at radius 2 is 1.04 bits per heavy atom. The molecule has 0 heterocycles. The summed E-state index contributed by atoms with van der Waals surface area (Å²) in [7, 11) is 0. The summed E-state index contributed by atoms with van der Waals surface area (Å²) in [4.78, 5) is 10.3. The van der Waals surface area contributed by atoms with Crippen LogP contribution in [0, 0.1) is 0 Å². The maximum absolute atomic E-state index is 10.3. The smallest absolute Gasteiger partial charge is 0.303 e.